The number of halogens is 2. The molecular formula is C27H27BrClN3O. The Kier molecular flexibility index (Phi) is 8.19. The van der Waals surface area contributed by atoms with Gasteiger partial charge < -0.3 is 9.88 Å². The maximum Gasteiger partial charge on any atom is 0.224 e. The highest BCUT2D eigenvalue weighted by Crippen LogP contribution is 2.21. The normalized spacial score (nSPS) is 11.1. The number of fused-ring (bicyclic) bond motifs is 1. The molecule has 4 rings (SSSR count). The molecule has 170 valence electrons. The van der Waals surface area contributed by atoms with Crippen molar-refractivity contribution in [2.24, 2.45) is 0 Å². The van der Waals surface area contributed by atoms with Gasteiger partial charge in [-0.15, -0.1) is 0 Å². The minimum Gasteiger partial charge on any atom is -0.356 e. The van der Waals surface area contributed by atoms with Crippen LogP contribution in [0.1, 0.15) is 36.2 Å². The van der Waals surface area contributed by atoms with Crippen molar-refractivity contribution in [2.75, 3.05) is 6.54 Å². The van der Waals surface area contributed by atoms with Crippen molar-refractivity contribution in [3.63, 3.8) is 0 Å². The molecule has 0 saturated heterocycles. The number of rotatable bonds is 10. The number of hydrogen-bond acceptors (Lipinski definition) is 2. The number of unbranched alkanes of at least 4 members (excludes halogenated alkanes) is 2. The maximum atomic E-state index is 12.2. The van der Waals surface area contributed by atoms with Gasteiger partial charge in [0.05, 0.1) is 17.5 Å². The zero-order valence-corrected chi connectivity index (χ0v) is 20.8. The van der Waals surface area contributed by atoms with Crippen LogP contribution < -0.4 is 5.32 Å². The lowest BCUT2D eigenvalue weighted by atomic mass is 10.1. The Hall–Kier alpha value is -2.63. The largest absolute Gasteiger partial charge is 0.356 e. The van der Waals surface area contributed by atoms with Gasteiger partial charge in [-0.3, -0.25) is 4.79 Å². The minimum absolute atomic E-state index is 0.0129. The van der Waals surface area contributed by atoms with E-state index in [4.69, 9.17) is 16.6 Å². The second-order valence-electron chi connectivity index (χ2n) is 8.16. The van der Waals surface area contributed by atoms with Crippen molar-refractivity contribution in [1.29, 1.82) is 0 Å². The standard InChI is InChI=1S/C27H27BrClN3O/c28-22-11-8-9-20(17-22)19-32-25-14-6-5-13-24(25)31-26(32)15-2-1-7-16-30-27(33)18-21-10-3-4-12-23(21)29/h3-6,8-14,17H,1-2,7,15-16,18-19H2,(H,30,33). The van der Waals surface area contributed by atoms with Gasteiger partial charge >= 0.3 is 0 Å². The summed E-state index contributed by atoms with van der Waals surface area (Å²) >= 11 is 9.71. The first kappa shape index (κ1) is 23.5. The second-order valence-corrected chi connectivity index (χ2v) is 9.48. The summed E-state index contributed by atoms with van der Waals surface area (Å²) in [6.45, 7) is 1.48. The third-order valence-corrected chi connectivity index (χ3v) is 6.53. The Morgan fingerprint density at radius 3 is 2.64 bits per heavy atom. The molecule has 1 heterocycles. The van der Waals surface area contributed by atoms with Gasteiger partial charge in [0.25, 0.3) is 0 Å². The first-order chi connectivity index (χ1) is 16.1. The number of nitrogens with zero attached hydrogens (tertiary/aromatic N) is 2. The van der Waals surface area contributed by atoms with Crippen LogP contribution in [0, 0.1) is 0 Å². The molecule has 0 aliphatic rings. The number of benzene rings is 3. The topological polar surface area (TPSA) is 46.9 Å². The van der Waals surface area contributed by atoms with E-state index in [0.29, 0.717) is 18.0 Å². The van der Waals surface area contributed by atoms with Crippen LogP contribution in [0.5, 0.6) is 0 Å². The third-order valence-electron chi connectivity index (χ3n) is 5.67. The molecule has 1 N–H and O–H groups in total. The Balaban J connectivity index is 1.29. The van der Waals surface area contributed by atoms with Crippen molar-refractivity contribution < 1.29 is 4.79 Å². The predicted molar refractivity (Wildman–Crippen MR) is 139 cm³/mol. The van der Waals surface area contributed by atoms with Crippen LogP contribution in [0.2, 0.25) is 5.02 Å². The van der Waals surface area contributed by atoms with Crippen LogP contribution in [0.4, 0.5) is 0 Å². The van der Waals surface area contributed by atoms with Gasteiger partial charge in [0.2, 0.25) is 5.91 Å². The molecule has 4 nitrogen and oxygen atoms in total. The molecule has 0 radical (unpaired) electrons. The Labute approximate surface area is 208 Å². The van der Waals surface area contributed by atoms with E-state index in [1.54, 1.807) is 0 Å². The highest BCUT2D eigenvalue weighted by atomic mass is 79.9. The summed E-state index contributed by atoms with van der Waals surface area (Å²) in [6.07, 6.45) is 4.24. The molecule has 6 heteroatoms. The SMILES string of the molecule is O=C(Cc1ccccc1Cl)NCCCCCc1nc2ccccc2n1Cc1cccc(Br)c1. The van der Waals surface area contributed by atoms with E-state index in [2.05, 4.69) is 62.2 Å². The van der Waals surface area contributed by atoms with Crippen LogP contribution in [0.25, 0.3) is 11.0 Å². The highest BCUT2D eigenvalue weighted by molar-refractivity contribution is 9.10. The van der Waals surface area contributed by atoms with Crippen LogP contribution in [-0.4, -0.2) is 22.0 Å². The van der Waals surface area contributed by atoms with Crippen molar-refractivity contribution in [3.05, 3.63) is 99.2 Å². The molecule has 0 bridgehead atoms. The molecule has 3 aromatic carbocycles. The second kappa shape index (κ2) is 11.5. The summed E-state index contributed by atoms with van der Waals surface area (Å²) < 4.78 is 3.41. The van der Waals surface area contributed by atoms with E-state index >= 15 is 0 Å². The number of para-hydroxylation sites is 2. The molecule has 4 aromatic rings. The number of aryl methyl sites for hydroxylation is 1. The first-order valence-corrected chi connectivity index (χ1v) is 12.5. The Bertz CT molecular complexity index is 1240. The van der Waals surface area contributed by atoms with Crippen molar-refractivity contribution >= 4 is 44.5 Å². The lowest BCUT2D eigenvalue weighted by Crippen LogP contribution is -2.26. The summed E-state index contributed by atoms with van der Waals surface area (Å²) in [7, 11) is 0. The fourth-order valence-electron chi connectivity index (χ4n) is 4.00. The summed E-state index contributed by atoms with van der Waals surface area (Å²) in [4.78, 5) is 17.1. The van der Waals surface area contributed by atoms with Gasteiger partial charge in [0, 0.05) is 29.0 Å². The van der Waals surface area contributed by atoms with Crippen molar-refractivity contribution in [2.45, 2.75) is 38.6 Å². The summed E-state index contributed by atoms with van der Waals surface area (Å²) in [5.41, 5.74) is 4.31. The van der Waals surface area contributed by atoms with E-state index in [0.717, 1.165) is 53.6 Å². The van der Waals surface area contributed by atoms with E-state index in [1.807, 2.05) is 36.4 Å². The van der Waals surface area contributed by atoms with E-state index in [9.17, 15) is 4.79 Å². The van der Waals surface area contributed by atoms with Gasteiger partial charge in [-0.1, -0.05) is 76.4 Å². The summed E-state index contributed by atoms with van der Waals surface area (Å²) in [5, 5.41) is 3.64. The first-order valence-electron chi connectivity index (χ1n) is 11.3. The van der Waals surface area contributed by atoms with Crippen LogP contribution in [0.15, 0.2) is 77.3 Å². The molecule has 0 aliphatic carbocycles. The Morgan fingerprint density at radius 2 is 1.79 bits per heavy atom. The average Bonchev–Trinajstić information content (AvgIpc) is 3.15. The molecule has 1 aromatic heterocycles. The van der Waals surface area contributed by atoms with Crippen molar-refractivity contribution in [1.82, 2.24) is 14.9 Å². The third kappa shape index (κ3) is 6.46. The number of aromatic nitrogens is 2. The number of amides is 1. The smallest absolute Gasteiger partial charge is 0.224 e. The number of carbonyl (C=O) groups excluding carboxylic acids is 1. The molecule has 0 saturated carbocycles. The zero-order valence-electron chi connectivity index (χ0n) is 18.4. The fourth-order valence-corrected chi connectivity index (χ4v) is 4.65. The molecular weight excluding hydrogens is 498 g/mol. The molecule has 0 aliphatic heterocycles. The number of nitrogens with one attached hydrogen (secondary N) is 1. The van der Waals surface area contributed by atoms with Gasteiger partial charge in [-0.2, -0.15) is 0 Å². The molecule has 0 unspecified atom stereocenters. The molecule has 0 spiro atoms. The lowest BCUT2D eigenvalue weighted by Gasteiger charge is -2.10. The van der Waals surface area contributed by atoms with Gasteiger partial charge in [0.15, 0.2) is 0 Å². The van der Waals surface area contributed by atoms with E-state index in [1.165, 1.54) is 11.1 Å². The minimum atomic E-state index is 0.0129. The van der Waals surface area contributed by atoms with E-state index < -0.39 is 0 Å². The quantitative estimate of drug-likeness (QED) is 0.238. The number of hydrogen-bond donors (Lipinski definition) is 1. The maximum absolute atomic E-state index is 12.2. The number of imidazole rings is 1. The Morgan fingerprint density at radius 1 is 0.970 bits per heavy atom. The van der Waals surface area contributed by atoms with Gasteiger partial charge in [-0.05, 0) is 54.3 Å². The van der Waals surface area contributed by atoms with E-state index in [-0.39, 0.29) is 5.91 Å². The average molecular weight is 525 g/mol. The van der Waals surface area contributed by atoms with Gasteiger partial charge in [0.1, 0.15) is 5.82 Å². The summed E-state index contributed by atoms with van der Waals surface area (Å²) in [6, 6.07) is 24.2. The van der Waals surface area contributed by atoms with Crippen LogP contribution >= 0.6 is 27.5 Å². The van der Waals surface area contributed by atoms with Gasteiger partial charge in [-0.25, -0.2) is 4.98 Å². The predicted octanol–water partition coefficient (Wildman–Crippen LogP) is 6.57. The van der Waals surface area contributed by atoms with Crippen molar-refractivity contribution in [3.8, 4) is 0 Å². The van der Waals surface area contributed by atoms with Crippen LogP contribution in [-0.2, 0) is 24.2 Å². The monoisotopic (exact) mass is 523 g/mol. The molecule has 33 heavy (non-hydrogen) atoms. The lowest BCUT2D eigenvalue weighted by molar-refractivity contribution is -0.120. The fraction of sp³-hybridized carbons (Fsp3) is 0.259. The summed E-state index contributed by atoms with van der Waals surface area (Å²) in [5.74, 6) is 1.12. The molecule has 0 fully saturated rings. The number of carbonyl (C=O) groups is 1. The molecule has 0 atom stereocenters. The zero-order chi connectivity index (χ0) is 23.0. The highest BCUT2D eigenvalue weighted by Gasteiger charge is 2.11. The molecule has 1 amide bonds. The van der Waals surface area contributed by atoms with Crippen LogP contribution in [0.3, 0.4) is 0 Å².